The van der Waals surface area contributed by atoms with Crippen LogP contribution in [0.2, 0.25) is 10.0 Å². The molecule has 1 amide bonds. The number of nitrogens with zero attached hydrogens (tertiary/aromatic N) is 1. The maximum Gasteiger partial charge on any atom is 0.253 e. The molecule has 20 heavy (non-hydrogen) atoms. The molecule has 0 aliphatic heterocycles. The fourth-order valence-corrected chi connectivity index (χ4v) is 3.19. The van der Waals surface area contributed by atoms with Crippen LogP contribution in [0.3, 0.4) is 0 Å². The lowest BCUT2D eigenvalue weighted by Crippen LogP contribution is -2.51. The summed E-state index contributed by atoms with van der Waals surface area (Å²) in [5, 5.41) is 4.21. The third kappa shape index (κ3) is 3.27. The molecule has 1 aromatic rings. The maximum atomic E-state index is 12.6. The summed E-state index contributed by atoms with van der Waals surface area (Å²) in [6, 6.07) is 5.63. The molecular formula is C15H20Cl2N2O. The van der Waals surface area contributed by atoms with Crippen molar-refractivity contribution in [2.24, 2.45) is 0 Å². The van der Waals surface area contributed by atoms with Gasteiger partial charge < -0.3 is 10.2 Å². The number of halogens is 2. The van der Waals surface area contributed by atoms with E-state index in [1.807, 2.05) is 19.0 Å². The Kier molecular flexibility index (Phi) is 5.30. The minimum atomic E-state index is -0.00397. The lowest BCUT2D eigenvalue weighted by atomic mass is 9.89. The van der Waals surface area contributed by atoms with Crippen LogP contribution in [0.15, 0.2) is 18.2 Å². The minimum absolute atomic E-state index is 0.00397. The van der Waals surface area contributed by atoms with E-state index in [9.17, 15) is 4.79 Å². The second-order valence-electron chi connectivity index (χ2n) is 5.29. The summed E-state index contributed by atoms with van der Waals surface area (Å²) in [5.74, 6) is -0.00397. The van der Waals surface area contributed by atoms with E-state index in [2.05, 4.69) is 5.32 Å². The van der Waals surface area contributed by atoms with Gasteiger partial charge in [-0.15, -0.1) is 0 Å². The number of carbonyl (C=O) groups excluding carboxylic acids is 1. The Bertz CT molecular complexity index is 493. The van der Waals surface area contributed by atoms with Crippen LogP contribution in [-0.4, -0.2) is 37.0 Å². The zero-order chi connectivity index (χ0) is 14.7. The van der Waals surface area contributed by atoms with Gasteiger partial charge in [0.1, 0.15) is 0 Å². The number of carbonyl (C=O) groups is 1. The van der Waals surface area contributed by atoms with Crippen LogP contribution in [-0.2, 0) is 0 Å². The van der Waals surface area contributed by atoms with E-state index < -0.39 is 0 Å². The summed E-state index contributed by atoms with van der Waals surface area (Å²) < 4.78 is 0. The van der Waals surface area contributed by atoms with Crippen molar-refractivity contribution in [1.82, 2.24) is 10.2 Å². The molecule has 2 atom stereocenters. The maximum absolute atomic E-state index is 12.6. The standard InChI is InChI=1S/C15H20Cl2N2O/c1-18-13-5-3-4-6-14(13)19(2)15(20)10-7-8-11(16)12(17)9-10/h7-9,13-14,18H,3-6H2,1-2H3. The third-order valence-corrected chi connectivity index (χ3v) is 4.82. The Morgan fingerprint density at radius 3 is 2.60 bits per heavy atom. The van der Waals surface area contributed by atoms with Crippen molar-refractivity contribution in [2.75, 3.05) is 14.1 Å². The van der Waals surface area contributed by atoms with E-state index in [1.54, 1.807) is 18.2 Å². The molecule has 110 valence electrons. The summed E-state index contributed by atoms with van der Waals surface area (Å²) in [6.45, 7) is 0. The second-order valence-corrected chi connectivity index (χ2v) is 6.11. The predicted molar refractivity (Wildman–Crippen MR) is 83.7 cm³/mol. The van der Waals surface area contributed by atoms with E-state index in [-0.39, 0.29) is 11.9 Å². The highest BCUT2D eigenvalue weighted by Gasteiger charge is 2.30. The molecular weight excluding hydrogens is 295 g/mol. The molecule has 1 fully saturated rings. The molecule has 2 unspecified atom stereocenters. The summed E-state index contributed by atoms with van der Waals surface area (Å²) in [4.78, 5) is 14.4. The van der Waals surface area contributed by atoms with Gasteiger partial charge >= 0.3 is 0 Å². The third-order valence-electron chi connectivity index (χ3n) is 4.08. The van der Waals surface area contributed by atoms with Crippen LogP contribution in [0, 0.1) is 0 Å². The average Bonchev–Trinajstić information content (AvgIpc) is 2.48. The van der Waals surface area contributed by atoms with Crippen LogP contribution >= 0.6 is 23.2 Å². The molecule has 2 rings (SSSR count). The van der Waals surface area contributed by atoms with E-state index in [0.29, 0.717) is 21.7 Å². The molecule has 0 heterocycles. The monoisotopic (exact) mass is 314 g/mol. The molecule has 1 N–H and O–H groups in total. The van der Waals surface area contributed by atoms with Crippen molar-refractivity contribution in [1.29, 1.82) is 0 Å². The minimum Gasteiger partial charge on any atom is -0.337 e. The molecule has 0 saturated heterocycles. The van der Waals surface area contributed by atoms with Gasteiger partial charge in [0.2, 0.25) is 0 Å². The first kappa shape index (κ1) is 15.6. The first-order valence-corrected chi connectivity index (χ1v) is 7.69. The highest BCUT2D eigenvalue weighted by Crippen LogP contribution is 2.26. The van der Waals surface area contributed by atoms with Gasteiger partial charge in [0, 0.05) is 24.7 Å². The van der Waals surface area contributed by atoms with E-state index in [4.69, 9.17) is 23.2 Å². The summed E-state index contributed by atoms with van der Waals surface area (Å²) in [6.07, 6.45) is 4.54. The molecule has 1 aromatic carbocycles. The normalized spacial score (nSPS) is 22.6. The topological polar surface area (TPSA) is 32.3 Å². The van der Waals surface area contributed by atoms with Gasteiger partial charge in [-0.3, -0.25) is 4.79 Å². The van der Waals surface area contributed by atoms with Gasteiger partial charge in [0.25, 0.3) is 5.91 Å². The Morgan fingerprint density at radius 1 is 1.25 bits per heavy atom. The van der Waals surface area contributed by atoms with Gasteiger partial charge in [0.15, 0.2) is 0 Å². The second kappa shape index (κ2) is 6.79. The molecule has 5 heteroatoms. The first-order valence-electron chi connectivity index (χ1n) is 6.94. The largest absolute Gasteiger partial charge is 0.337 e. The van der Waals surface area contributed by atoms with Crippen molar-refractivity contribution in [3.05, 3.63) is 33.8 Å². The lowest BCUT2D eigenvalue weighted by Gasteiger charge is -2.38. The van der Waals surface area contributed by atoms with Crippen LogP contribution in [0.5, 0.6) is 0 Å². The van der Waals surface area contributed by atoms with Crippen LogP contribution in [0.25, 0.3) is 0 Å². The highest BCUT2D eigenvalue weighted by atomic mass is 35.5. The number of benzene rings is 1. The number of hydrogen-bond acceptors (Lipinski definition) is 2. The van der Waals surface area contributed by atoms with Crippen molar-refractivity contribution in [3.63, 3.8) is 0 Å². The lowest BCUT2D eigenvalue weighted by molar-refractivity contribution is 0.0655. The number of likely N-dealkylation sites (N-methyl/N-ethyl adjacent to an activating group) is 2. The van der Waals surface area contributed by atoms with Crippen LogP contribution in [0.4, 0.5) is 0 Å². The zero-order valence-electron chi connectivity index (χ0n) is 11.8. The fourth-order valence-electron chi connectivity index (χ4n) is 2.89. The molecule has 3 nitrogen and oxygen atoms in total. The number of amides is 1. The van der Waals surface area contributed by atoms with Gasteiger partial charge in [0.05, 0.1) is 10.0 Å². The van der Waals surface area contributed by atoms with Crippen molar-refractivity contribution in [3.8, 4) is 0 Å². The summed E-state index contributed by atoms with van der Waals surface area (Å²) in [7, 11) is 3.83. The fraction of sp³-hybridized carbons (Fsp3) is 0.533. The Labute approximate surface area is 130 Å². The van der Waals surface area contributed by atoms with Crippen LogP contribution < -0.4 is 5.32 Å². The zero-order valence-corrected chi connectivity index (χ0v) is 13.3. The van der Waals surface area contributed by atoms with E-state index >= 15 is 0 Å². The number of nitrogens with one attached hydrogen (secondary N) is 1. The van der Waals surface area contributed by atoms with Gasteiger partial charge in [-0.2, -0.15) is 0 Å². The smallest absolute Gasteiger partial charge is 0.253 e. The quantitative estimate of drug-likeness (QED) is 0.924. The average molecular weight is 315 g/mol. The molecule has 0 aromatic heterocycles. The molecule has 0 bridgehead atoms. The number of hydrogen-bond donors (Lipinski definition) is 1. The molecule has 1 saturated carbocycles. The summed E-state index contributed by atoms with van der Waals surface area (Å²) in [5.41, 5.74) is 0.585. The predicted octanol–water partition coefficient (Wildman–Crippen LogP) is 3.60. The van der Waals surface area contributed by atoms with Gasteiger partial charge in [-0.1, -0.05) is 36.0 Å². The molecule has 1 aliphatic carbocycles. The van der Waals surface area contributed by atoms with Gasteiger partial charge in [-0.25, -0.2) is 0 Å². The Morgan fingerprint density at radius 2 is 1.95 bits per heavy atom. The van der Waals surface area contributed by atoms with Crippen molar-refractivity contribution in [2.45, 2.75) is 37.8 Å². The Balaban J connectivity index is 2.16. The van der Waals surface area contributed by atoms with E-state index in [1.165, 1.54) is 12.8 Å². The molecule has 0 radical (unpaired) electrons. The number of rotatable bonds is 3. The highest BCUT2D eigenvalue weighted by molar-refractivity contribution is 6.42. The molecule has 1 aliphatic rings. The van der Waals surface area contributed by atoms with E-state index in [0.717, 1.165) is 12.8 Å². The first-order chi connectivity index (χ1) is 9.54. The SMILES string of the molecule is CNC1CCCCC1N(C)C(=O)c1ccc(Cl)c(Cl)c1. The summed E-state index contributed by atoms with van der Waals surface area (Å²) >= 11 is 11.9. The van der Waals surface area contributed by atoms with Crippen LogP contribution in [0.1, 0.15) is 36.0 Å². The molecule has 0 spiro atoms. The Hall–Kier alpha value is -0.770. The van der Waals surface area contributed by atoms with Crippen molar-refractivity contribution < 1.29 is 4.79 Å². The van der Waals surface area contributed by atoms with Gasteiger partial charge in [-0.05, 0) is 38.1 Å². The van der Waals surface area contributed by atoms with Crippen molar-refractivity contribution >= 4 is 29.1 Å².